The van der Waals surface area contributed by atoms with Crippen LogP contribution in [0.4, 0.5) is 11.5 Å². The van der Waals surface area contributed by atoms with Gasteiger partial charge in [-0.25, -0.2) is 10.5 Å². The molecule has 1 atom stereocenters. The first-order valence-corrected chi connectivity index (χ1v) is 6.52. The molecule has 1 amide bonds. The number of carbonyl (C=O) groups is 1. The summed E-state index contributed by atoms with van der Waals surface area (Å²) in [6.45, 7) is 1.90. The first-order chi connectivity index (χ1) is 10.1. The fourth-order valence-corrected chi connectivity index (χ4v) is 1.81. The van der Waals surface area contributed by atoms with Gasteiger partial charge in [-0.05, 0) is 30.7 Å². The highest BCUT2D eigenvalue weighted by molar-refractivity contribution is 6.04. The van der Waals surface area contributed by atoms with Crippen LogP contribution in [0.15, 0.2) is 42.6 Å². The third-order valence-electron chi connectivity index (χ3n) is 2.92. The zero-order chi connectivity index (χ0) is 15.2. The van der Waals surface area contributed by atoms with E-state index >= 15 is 0 Å². The van der Waals surface area contributed by atoms with Crippen molar-refractivity contribution in [3.63, 3.8) is 0 Å². The van der Waals surface area contributed by atoms with Crippen LogP contribution >= 0.6 is 0 Å². The molecule has 2 rings (SSSR count). The fourth-order valence-electron chi connectivity index (χ4n) is 1.81. The molecule has 110 valence electrons. The van der Waals surface area contributed by atoms with Gasteiger partial charge < -0.3 is 11.1 Å². The number of amides is 1. The van der Waals surface area contributed by atoms with Crippen LogP contribution in [0.1, 0.15) is 28.9 Å². The standard InChI is InChI=1S/C15H18N4O2/c1-10(16)11-3-5-12(6-4-11)15(20)18-13-7-8-17-14(9-13)19-21-2/h3-10H,16H2,1-2H3,(H2,17,18,19,20). The topological polar surface area (TPSA) is 89.3 Å². The normalized spacial score (nSPS) is 11.8. The van der Waals surface area contributed by atoms with Crippen molar-refractivity contribution in [3.8, 4) is 0 Å². The Hall–Kier alpha value is -2.44. The Morgan fingerprint density at radius 2 is 2.00 bits per heavy atom. The van der Waals surface area contributed by atoms with Gasteiger partial charge in [-0.3, -0.25) is 9.63 Å². The predicted molar refractivity (Wildman–Crippen MR) is 81.9 cm³/mol. The van der Waals surface area contributed by atoms with E-state index in [1.807, 2.05) is 19.1 Å². The minimum absolute atomic E-state index is 0.0509. The number of nitrogens with one attached hydrogen (secondary N) is 2. The number of nitrogens with zero attached hydrogens (tertiary/aromatic N) is 1. The Labute approximate surface area is 123 Å². The summed E-state index contributed by atoms with van der Waals surface area (Å²) in [6.07, 6.45) is 1.58. The van der Waals surface area contributed by atoms with Gasteiger partial charge in [0.2, 0.25) is 0 Å². The molecule has 6 nitrogen and oxygen atoms in total. The summed E-state index contributed by atoms with van der Waals surface area (Å²) >= 11 is 0. The lowest BCUT2D eigenvalue weighted by Crippen LogP contribution is -2.13. The maximum absolute atomic E-state index is 12.1. The Morgan fingerprint density at radius 3 is 2.62 bits per heavy atom. The van der Waals surface area contributed by atoms with E-state index in [-0.39, 0.29) is 11.9 Å². The molecule has 21 heavy (non-hydrogen) atoms. The Morgan fingerprint density at radius 1 is 1.29 bits per heavy atom. The predicted octanol–water partition coefficient (Wildman–Crippen LogP) is 2.33. The maximum atomic E-state index is 12.1. The molecule has 0 saturated carbocycles. The van der Waals surface area contributed by atoms with Crippen LogP contribution in [-0.2, 0) is 4.84 Å². The van der Waals surface area contributed by atoms with Crippen LogP contribution in [0.2, 0.25) is 0 Å². The first-order valence-electron chi connectivity index (χ1n) is 6.52. The molecule has 1 heterocycles. The molecule has 0 radical (unpaired) electrons. The van der Waals surface area contributed by atoms with Crippen molar-refractivity contribution in [2.75, 3.05) is 17.9 Å². The van der Waals surface area contributed by atoms with Gasteiger partial charge >= 0.3 is 0 Å². The van der Waals surface area contributed by atoms with Gasteiger partial charge in [0.1, 0.15) is 0 Å². The third kappa shape index (κ3) is 4.01. The third-order valence-corrected chi connectivity index (χ3v) is 2.92. The van der Waals surface area contributed by atoms with Crippen LogP contribution in [0, 0.1) is 0 Å². The molecule has 0 aliphatic carbocycles. The molecule has 1 aromatic carbocycles. The number of carbonyl (C=O) groups excluding carboxylic acids is 1. The highest BCUT2D eigenvalue weighted by Crippen LogP contribution is 2.15. The summed E-state index contributed by atoms with van der Waals surface area (Å²) < 4.78 is 0. The second-order valence-corrected chi connectivity index (χ2v) is 4.60. The first kappa shape index (κ1) is 15.0. The number of aromatic nitrogens is 1. The molecule has 2 aromatic rings. The molecule has 1 unspecified atom stereocenters. The lowest BCUT2D eigenvalue weighted by Gasteiger charge is -2.09. The molecule has 0 bridgehead atoms. The Bertz CT molecular complexity index is 611. The molecule has 6 heteroatoms. The summed E-state index contributed by atoms with van der Waals surface area (Å²) in [4.78, 5) is 21.0. The van der Waals surface area contributed by atoms with E-state index in [1.54, 1.807) is 30.5 Å². The van der Waals surface area contributed by atoms with Crippen LogP contribution in [-0.4, -0.2) is 18.0 Å². The fraction of sp³-hybridized carbons (Fsp3) is 0.200. The zero-order valence-corrected chi connectivity index (χ0v) is 12.0. The van der Waals surface area contributed by atoms with Gasteiger partial charge in [-0.15, -0.1) is 0 Å². The van der Waals surface area contributed by atoms with Gasteiger partial charge in [0.25, 0.3) is 5.91 Å². The largest absolute Gasteiger partial charge is 0.324 e. The number of rotatable bonds is 5. The number of hydrogen-bond donors (Lipinski definition) is 3. The van der Waals surface area contributed by atoms with Crippen molar-refractivity contribution in [3.05, 3.63) is 53.7 Å². The van der Waals surface area contributed by atoms with Crippen LogP contribution in [0.3, 0.4) is 0 Å². The van der Waals surface area contributed by atoms with Gasteiger partial charge in [0.15, 0.2) is 5.82 Å². The molecular formula is C15H18N4O2. The summed E-state index contributed by atoms with van der Waals surface area (Å²) in [5, 5.41) is 2.80. The molecule has 0 spiro atoms. The number of anilines is 2. The minimum atomic E-state index is -0.194. The Balaban J connectivity index is 2.08. The summed E-state index contributed by atoms with van der Waals surface area (Å²) in [5.41, 5.74) is 10.6. The lowest BCUT2D eigenvalue weighted by atomic mass is 10.1. The second kappa shape index (κ2) is 6.83. The SMILES string of the molecule is CONc1cc(NC(=O)c2ccc(C(C)N)cc2)ccn1. The van der Waals surface area contributed by atoms with Gasteiger partial charge in [0, 0.05) is 29.6 Å². The minimum Gasteiger partial charge on any atom is -0.324 e. The lowest BCUT2D eigenvalue weighted by molar-refractivity contribution is 0.102. The summed E-state index contributed by atoms with van der Waals surface area (Å²) in [7, 11) is 1.49. The molecule has 0 aliphatic heterocycles. The van der Waals surface area contributed by atoms with E-state index in [2.05, 4.69) is 15.8 Å². The van der Waals surface area contributed by atoms with Crippen molar-refractivity contribution in [1.82, 2.24) is 4.98 Å². The van der Waals surface area contributed by atoms with Crippen molar-refractivity contribution in [1.29, 1.82) is 0 Å². The van der Waals surface area contributed by atoms with Gasteiger partial charge in [-0.2, -0.15) is 0 Å². The van der Waals surface area contributed by atoms with Crippen LogP contribution in [0.5, 0.6) is 0 Å². The van der Waals surface area contributed by atoms with E-state index in [0.717, 1.165) is 5.56 Å². The molecule has 0 aliphatic rings. The summed E-state index contributed by atoms with van der Waals surface area (Å²) in [5.74, 6) is 0.323. The van der Waals surface area contributed by atoms with E-state index in [4.69, 9.17) is 10.6 Å². The molecule has 0 fully saturated rings. The van der Waals surface area contributed by atoms with Gasteiger partial charge in [-0.1, -0.05) is 12.1 Å². The molecular weight excluding hydrogens is 268 g/mol. The average Bonchev–Trinajstić information content (AvgIpc) is 2.48. The van der Waals surface area contributed by atoms with Crippen molar-refractivity contribution in [2.24, 2.45) is 5.73 Å². The average molecular weight is 286 g/mol. The van der Waals surface area contributed by atoms with Gasteiger partial charge in [0.05, 0.1) is 7.11 Å². The Kier molecular flexibility index (Phi) is 4.86. The highest BCUT2D eigenvalue weighted by atomic mass is 16.6. The number of hydrogen-bond acceptors (Lipinski definition) is 5. The molecule has 4 N–H and O–H groups in total. The number of nitrogens with two attached hydrogens (primary N) is 1. The van der Waals surface area contributed by atoms with E-state index in [9.17, 15) is 4.79 Å². The quantitative estimate of drug-likeness (QED) is 0.734. The maximum Gasteiger partial charge on any atom is 0.255 e. The second-order valence-electron chi connectivity index (χ2n) is 4.60. The zero-order valence-electron chi connectivity index (χ0n) is 12.0. The van der Waals surface area contributed by atoms with E-state index < -0.39 is 0 Å². The monoisotopic (exact) mass is 286 g/mol. The van der Waals surface area contributed by atoms with E-state index in [1.165, 1.54) is 7.11 Å². The molecule has 0 saturated heterocycles. The molecule has 1 aromatic heterocycles. The highest BCUT2D eigenvalue weighted by Gasteiger charge is 2.07. The smallest absolute Gasteiger partial charge is 0.255 e. The van der Waals surface area contributed by atoms with Crippen molar-refractivity contribution in [2.45, 2.75) is 13.0 Å². The van der Waals surface area contributed by atoms with Crippen LogP contribution in [0.25, 0.3) is 0 Å². The summed E-state index contributed by atoms with van der Waals surface area (Å²) in [6, 6.07) is 10.5. The number of benzene rings is 1. The number of pyridine rings is 1. The van der Waals surface area contributed by atoms with Crippen molar-refractivity contribution < 1.29 is 9.63 Å². The van der Waals surface area contributed by atoms with E-state index in [0.29, 0.717) is 17.1 Å². The van der Waals surface area contributed by atoms with Crippen LogP contribution < -0.4 is 16.5 Å². The van der Waals surface area contributed by atoms with Crippen molar-refractivity contribution >= 4 is 17.4 Å².